The second-order valence-electron chi connectivity index (χ2n) is 14.2. The number of hydrogen-bond donors (Lipinski definition) is 4. The maximum atomic E-state index is 13.9. The van der Waals surface area contributed by atoms with E-state index >= 15 is 0 Å². The van der Waals surface area contributed by atoms with Crippen LogP contribution in [-0.2, 0) is 5.41 Å². The predicted octanol–water partition coefficient (Wildman–Crippen LogP) is 7.56. The van der Waals surface area contributed by atoms with E-state index in [1.807, 2.05) is 0 Å². The molecule has 4 N–H and O–H groups in total. The Bertz CT molecular complexity index is 1730. The van der Waals surface area contributed by atoms with E-state index in [1.165, 1.54) is 22.4 Å². The summed E-state index contributed by atoms with van der Waals surface area (Å²) in [7, 11) is 0. The summed E-state index contributed by atoms with van der Waals surface area (Å²) in [5.74, 6) is 1.62. The third kappa shape index (κ3) is 5.29. The number of imidazole rings is 2. The number of rotatable bonds is 5. The molecule has 0 unspecified atom stereocenters. The maximum Gasteiger partial charge on any atom is 0.124 e. The van der Waals surface area contributed by atoms with Crippen molar-refractivity contribution in [1.82, 2.24) is 30.6 Å². The smallest absolute Gasteiger partial charge is 0.124 e. The van der Waals surface area contributed by atoms with E-state index < -0.39 is 12.3 Å². The molecule has 0 radical (unpaired) electrons. The Morgan fingerprint density at radius 1 is 0.689 bits per heavy atom. The van der Waals surface area contributed by atoms with Gasteiger partial charge in [-0.25, -0.2) is 18.7 Å². The fourth-order valence-electron chi connectivity index (χ4n) is 7.60. The fourth-order valence-corrected chi connectivity index (χ4v) is 7.60. The number of fused-ring (bicyclic) bond motifs is 2. The molecule has 3 saturated heterocycles. The standard InChI is InChI=1S/C36H41F2N7/c1-36(2,3)22-6-8-25(9-7-22)45-32(20-4-10-26-28(14-20)43-34(41-26)30-16-23(37)18-39-30)12-13-33(45)21-5-11-27-29(15-21)44-35(42-27)31-17-24(38)19-40-31/h4-11,14-15,23-24,30-33,39-40H,12-13,16-19H2,1-3H3,(H,41,43)(H,42,44)/t23-,24-,30-,31-,32-,33+/m0/s1. The molecule has 0 aliphatic carbocycles. The zero-order chi connectivity index (χ0) is 30.9. The summed E-state index contributed by atoms with van der Waals surface area (Å²) in [6.45, 7) is 7.49. The maximum absolute atomic E-state index is 13.9. The van der Waals surface area contributed by atoms with Crippen LogP contribution >= 0.6 is 0 Å². The average molecular weight is 610 g/mol. The lowest BCUT2D eigenvalue weighted by Gasteiger charge is -2.34. The highest BCUT2D eigenvalue weighted by atomic mass is 19.1. The lowest BCUT2D eigenvalue weighted by Crippen LogP contribution is -2.26. The first kappa shape index (κ1) is 28.6. The average Bonchev–Trinajstić information content (AvgIpc) is 3.85. The molecular formula is C36H41F2N7. The number of alkyl halides is 2. The Kier molecular flexibility index (Phi) is 6.95. The first-order valence-corrected chi connectivity index (χ1v) is 16.3. The van der Waals surface area contributed by atoms with Crippen LogP contribution in [0.25, 0.3) is 22.1 Å². The molecule has 3 aliphatic rings. The molecule has 0 saturated carbocycles. The largest absolute Gasteiger partial charge is 0.357 e. The van der Waals surface area contributed by atoms with Crippen molar-refractivity contribution in [1.29, 1.82) is 0 Å². The minimum absolute atomic E-state index is 0.0712. The highest BCUT2D eigenvalue weighted by molar-refractivity contribution is 5.78. The van der Waals surface area contributed by atoms with Gasteiger partial charge in [0.2, 0.25) is 0 Å². The van der Waals surface area contributed by atoms with Gasteiger partial charge in [0.15, 0.2) is 0 Å². The number of halogens is 2. The first-order chi connectivity index (χ1) is 21.7. The van der Waals surface area contributed by atoms with Crippen molar-refractivity contribution in [2.75, 3.05) is 18.0 Å². The Labute approximate surface area is 262 Å². The SMILES string of the molecule is CC(C)(C)c1ccc(N2[C@@H](c3ccc4nc([C@@H]5C[C@H](F)CN5)[nH]c4c3)CC[C@H]2c2ccc3nc([C@@H]4C[C@H](F)CN4)[nH]c3c2)cc1. The van der Waals surface area contributed by atoms with E-state index in [9.17, 15) is 8.78 Å². The summed E-state index contributed by atoms with van der Waals surface area (Å²) in [6, 6.07) is 22.3. The molecular weight excluding hydrogens is 568 g/mol. The Morgan fingerprint density at radius 2 is 1.18 bits per heavy atom. The van der Waals surface area contributed by atoms with Gasteiger partial charge < -0.3 is 25.5 Å². The van der Waals surface area contributed by atoms with Crippen LogP contribution in [0.1, 0.15) is 99.0 Å². The molecule has 3 aliphatic heterocycles. The van der Waals surface area contributed by atoms with Crippen molar-refractivity contribution in [2.24, 2.45) is 0 Å². The van der Waals surface area contributed by atoms with Gasteiger partial charge in [-0.05, 0) is 71.3 Å². The van der Waals surface area contributed by atoms with Gasteiger partial charge in [0.25, 0.3) is 0 Å². The molecule has 6 atom stereocenters. The van der Waals surface area contributed by atoms with Crippen LogP contribution in [0.3, 0.4) is 0 Å². The summed E-state index contributed by atoms with van der Waals surface area (Å²) in [6.07, 6.45) is 1.24. The fraction of sp³-hybridized carbons (Fsp3) is 0.444. The molecule has 5 heterocycles. The van der Waals surface area contributed by atoms with Crippen LogP contribution in [0.2, 0.25) is 0 Å². The van der Waals surface area contributed by atoms with E-state index in [-0.39, 0.29) is 29.6 Å². The summed E-state index contributed by atoms with van der Waals surface area (Å²) in [5.41, 5.74) is 8.84. The number of H-pyrrole nitrogens is 2. The number of nitrogens with zero attached hydrogens (tertiary/aromatic N) is 3. The van der Waals surface area contributed by atoms with Gasteiger partial charge in [-0.1, -0.05) is 45.0 Å². The van der Waals surface area contributed by atoms with Gasteiger partial charge in [-0.2, -0.15) is 0 Å². The molecule has 45 heavy (non-hydrogen) atoms. The zero-order valence-corrected chi connectivity index (χ0v) is 26.1. The molecule has 234 valence electrons. The second-order valence-corrected chi connectivity index (χ2v) is 14.2. The lowest BCUT2D eigenvalue weighted by molar-refractivity contribution is 0.354. The van der Waals surface area contributed by atoms with Crippen molar-refractivity contribution < 1.29 is 8.78 Å². The third-order valence-electron chi connectivity index (χ3n) is 10.0. The quantitative estimate of drug-likeness (QED) is 0.165. The molecule has 7 nitrogen and oxygen atoms in total. The highest BCUT2D eigenvalue weighted by Gasteiger charge is 2.37. The number of hydrogen-bond acceptors (Lipinski definition) is 5. The molecule has 0 amide bonds. The minimum atomic E-state index is -0.832. The van der Waals surface area contributed by atoms with Gasteiger partial charge in [0, 0.05) is 31.6 Å². The first-order valence-electron chi connectivity index (χ1n) is 16.3. The molecule has 9 heteroatoms. The van der Waals surface area contributed by atoms with Crippen LogP contribution in [0.15, 0.2) is 60.7 Å². The zero-order valence-electron chi connectivity index (χ0n) is 26.1. The number of anilines is 1. The third-order valence-corrected chi connectivity index (χ3v) is 10.0. The van der Waals surface area contributed by atoms with Crippen LogP contribution in [0.4, 0.5) is 14.5 Å². The van der Waals surface area contributed by atoms with Crippen molar-refractivity contribution in [3.63, 3.8) is 0 Å². The molecule has 3 fully saturated rings. The van der Waals surface area contributed by atoms with E-state index in [1.54, 1.807) is 0 Å². The summed E-state index contributed by atoms with van der Waals surface area (Å²) in [5, 5.41) is 6.50. The Hall–Kier alpha value is -3.82. The van der Waals surface area contributed by atoms with E-state index in [0.29, 0.717) is 25.9 Å². The molecule has 3 aromatic carbocycles. The van der Waals surface area contributed by atoms with Gasteiger partial charge in [0.05, 0.1) is 46.2 Å². The summed E-state index contributed by atoms with van der Waals surface area (Å²) in [4.78, 5) is 19.2. The summed E-state index contributed by atoms with van der Waals surface area (Å²) < 4.78 is 27.8. The molecule has 5 aromatic rings. The Morgan fingerprint density at radius 3 is 1.60 bits per heavy atom. The molecule has 8 rings (SSSR count). The van der Waals surface area contributed by atoms with Gasteiger partial charge in [-0.15, -0.1) is 0 Å². The molecule has 0 spiro atoms. The van der Waals surface area contributed by atoms with Crippen LogP contribution < -0.4 is 15.5 Å². The van der Waals surface area contributed by atoms with Crippen LogP contribution in [0, 0.1) is 0 Å². The lowest BCUT2D eigenvalue weighted by atomic mass is 9.87. The Balaban J connectivity index is 1.15. The number of benzene rings is 3. The molecule has 0 bridgehead atoms. The van der Waals surface area contributed by atoms with Gasteiger partial charge in [0.1, 0.15) is 24.0 Å². The number of aromatic nitrogens is 4. The van der Waals surface area contributed by atoms with Crippen LogP contribution in [-0.4, -0.2) is 45.4 Å². The van der Waals surface area contributed by atoms with Gasteiger partial charge >= 0.3 is 0 Å². The van der Waals surface area contributed by atoms with E-state index in [4.69, 9.17) is 9.97 Å². The van der Waals surface area contributed by atoms with Gasteiger partial charge in [-0.3, -0.25) is 0 Å². The van der Waals surface area contributed by atoms with Crippen LogP contribution in [0.5, 0.6) is 0 Å². The van der Waals surface area contributed by atoms with Crippen molar-refractivity contribution in [2.45, 2.75) is 88.4 Å². The normalized spacial score (nSPS) is 27.4. The predicted molar refractivity (Wildman–Crippen MR) is 175 cm³/mol. The topological polar surface area (TPSA) is 84.7 Å². The number of aromatic amines is 2. The van der Waals surface area contributed by atoms with E-state index in [0.717, 1.165) is 46.6 Å². The number of nitrogens with one attached hydrogen (secondary N) is 4. The van der Waals surface area contributed by atoms with Crippen molar-refractivity contribution in [3.8, 4) is 0 Å². The molecule has 2 aromatic heterocycles. The minimum Gasteiger partial charge on any atom is -0.357 e. The summed E-state index contributed by atoms with van der Waals surface area (Å²) >= 11 is 0. The van der Waals surface area contributed by atoms with Crippen molar-refractivity contribution >= 4 is 27.8 Å². The second kappa shape index (κ2) is 10.9. The monoisotopic (exact) mass is 609 g/mol. The van der Waals surface area contributed by atoms with Crippen molar-refractivity contribution in [3.05, 3.63) is 89.0 Å². The highest BCUT2D eigenvalue weighted by Crippen LogP contribution is 2.48. The van der Waals surface area contributed by atoms with E-state index in [2.05, 4.69) is 107 Å².